The van der Waals surface area contributed by atoms with Crippen LogP contribution in [0.2, 0.25) is 0 Å². The van der Waals surface area contributed by atoms with Gasteiger partial charge in [0.05, 0.1) is 6.04 Å². The minimum Gasteiger partial charge on any atom is -0.481 e. The van der Waals surface area contributed by atoms with Crippen molar-refractivity contribution in [2.75, 3.05) is 0 Å². The Balaban J connectivity index is 1.49. The first-order chi connectivity index (χ1) is 13.0. The van der Waals surface area contributed by atoms with Crippen molar-refractivity contribution in [2.45, 2.75) is 44.4 Å². The minimum atomic E-state index is -0.986. The van der Waals surface area contributed by atoms with Crippen molar-refractivity contribution in [1.29, 1.82) is 0 Å². The average molecular weight is 369 g/mol. The zero-order chi connectivity index (χ0) is 19.0. The van der Waals surface area contributed by atoms with Crippen LogP contribution in [0.5, 0.6) is 5.75 Å². The first kappa shape index (κ1) is 17.7. The van der Waals surface area contributed by atoms with Gasteiger partial charge >= 0.3 is 0 Å². The lowest BCUT2D eigenvalue weighted by Crippen LogP contribution is -2.48. The molecule has 0 aliphatic carbocycles. The molecule has 140 valence electrons. The van der Waals surface area contributed by atoms with E-state index >= 15 is 0 Å². The van der Waals surface area contributed by atoms with E-state index in [0.717, 1.165) is 31.4 Å². The maximum atomic E-state index is 13.4. The van der Waals surface area contributed by atoms with Crippen LogP contribution >= 0.6 is 0 Å². The first-order valence-electron chi connectivity index (χ1n) is 9.23. The van der Waals surface area contributed by atoms with Crippen molar-refractivity contribution in [3.05, 3.63) is 71.8 Å². The van der Waals surface area contributed by atoms with Crippen LogP contribution in [0.1, 0.15) is 31.7 Å². The van der Waals surface area contributed by atoms with Gasteiger partial charge in [-0.05, 0) is 49.5 Å². The second kappa shape index (κ2) is 7.14. The quantitative estimate of drug-likeness (QED) is 0.790. The predicted octanol–water partition coefficient (Wildman–Crippen LogP) is 4.58. The molecule has 4 rings (SSSR count). The van der Waals surface area contributed by atoms with E-state index in [-0.39, 0.29) is 23.7 Å². The molecule has 2 aliphatic heterocycles. The maximum absolute atomic E-state index is 13.4. The summed E-state index contributed by atoms with van der Waals surface area (Å²) in [5.41, 5.74) is 2.48. The number of benzene rings is 2. The summed E-state index contributed by atoms with van der Waals surface area (Å²) >= 11 is 0. The number of nitrogens with zero attached hydrogens (tertiary/aromatic N) is 1. The van der Waals surface area contributed by atoms with Gasteiger partial charge in [0.25, 0.3) is 5.91 Å². The number of fused-ring (bicyclic) bond motifs is 2. The van der Waals surface area contributed by atoms with Gasteiger partial charge < -0.3 is 9.64 Å². The number of hydrogen-bond acceptors (Lipinski definition) is 2. The van der Waals surface area contributed by atoms with Gasteiger partial charge in [-0.25, -0.2) is 8.78 Å². The standard InChI is InChI=1S/C22H21F2NO2/c1-14(27-19-9-10-20(23)21(24)13-19)22(26)25-17-7-8-18(25)12-16(11-17)15-5-3-2-4-6-15/h2-6,9-11,13-14,17-18H,7-8,12H2,1H3. The summed E-state index contributed by atoms with van der Waals surface area (Å²) in [5, 5.41) is 0. The molecule has 2 bridgehead atoms. The molecule has 27 heavy (non-hydrogen) atoms. The summed E-state index contributed by atoms with van der Waals surface area (Å²) in [5.74, 6) is -1.88. The Morgan fingerprint density at radius 3 is 2.59 bits per heavy atom. The third-order valence-electron chi connectivity index (χ3n) is 5.35. The van der Waals surface area contributed by atoms with Gasteiger partial charge in [0.2, 0.25) is 0 Å². The molecule has 2 aromatic rings. The van der Waals surface area contributed by atoms with Crippen LogP contribution in [-0.4, -0.2) is 29.0 Å². The number of carbonyl (C=O) groups is 1. The van der Waals surface area contributed by atoms with Crippen molar-refractivity contribution >= 4 is 11.5 Å². The summed E-state index contributed by atoms with van der Waals surface area (Å²) in [6, 6.07) is 13.7. The van der Waals surface area contributed by atoms with Crippen LogP contribution in [0.3, 0.4) is 0 Å². The van der Waals surface area contributed by atoms with E-state index in [9.17, 15) is 13.6 Å². The molecule has 0 N–H and O–H groups in total. The first-order valence-corrected chi connectivity index (χ1v) is 9.23. The van der Waals surface area contributed by atoms with Crippen molar-refractivity contribution < 1.29 is 18.3 Å². The summed E-state index contributed by atoms with van der Waals surface area (Å²) in [4.78, 5) is 14.9. The second-order valence-corrected chi connectivity index (χ2v) is 7.14. The molecule has 3 unspecified atom stereocenters. The molecule has 0 saturated carbocycles. The van der Waals surface area contributed by atoms with Crippen molar-refractivity contribution in [3.63, 3.8) is 0 Å². The monoisotopic (exact) mass is 369 g/mol. The van der Waals surface area contributed by atoms with Crippen LogP contribution in [-0.2, 0) is 4.79 Å². The van der Waals surface area contributed by atoms with Gasteiger partial charge in [0, 0.05) is 12.1 Å². The van der Waals surface area contributed by atoms with Gasteiger partial charge in [-0.2, -0.15) is 0 Å². The topological polar surface area (TPSA) is 29.5 Å². The number of carbonyl (C=O) groups excluding carboxylic acids is 1. The summed E-state index contributed by atoms with van der Waals surface area (Å²) in [6.45, 7) is 1.65. The van der Waals surface area contributed by atoms with Crippen molar-refractivity contribution in [1.82, 2.24) is 4.90 Å². The number of halogens is 2. The number of rotatable bonds is 4. The molecule has 0 radical (unpaired) electrons. The zero-order valence-corrected chi connectivity index (χ0v) is 15.1. The molecular weight excluding hydrogens is 348 g/mol. The van der Waals surface area contributed by atoms with E-state index in [1.54, 1.807) is 6.92 Å². The molecule has 3 nitrogen and oxygen atoms in total. The van der Waals surface area contributed by atoms with E-state index < -0.39 is 17.7 Å². The molecule has 5 heteroatoms. The molecule has 1 amide bonds. The minimum absolute atomic E-state index is 0.0578. The maximum Gasteiger partial charge on any atom is 0.264 e. The Bertz CT molecular complexity index is 881. The molecule has 1 fully saturated rings. The van der Waals surface area contributed by atoms with Gasteiger partial charge in [-0.3, -0.25) is 4.79 Å². The van der Waals surface area contributed by atoms with E-state index in [1.165, 1.54) is 17.2 Å². The molecule has 0 aromatic heterocycles. The van der Waals surface area contributed by atoms with E-state index in [0.29, 0.717) is 0 Å². The largest absolute Gasteiger partial charge is 0.481 e. The van der Waals surface area contributed by atoms with Crippen LogP contribution in [0.25, 0.3) is 5.57 Å². The molecule has 0 spiro atoms. The highest BCUT2D eigenvalue weighted by Gasteiger charge is 2.41. The molecular formula is C22H21F2NO2. The average Bonchev–Trinajstić information content (AvgIpc) is 2.94. The molecule has 2 aliphatic rings. The Hall–Kier alpha value is -2.69. The van der Waals surface area contributed by atoms with E-state index in [2.05, 4.69) is 18.2 Å². The van der Waals surface area contributed by atoms with E-state index in [4.69, 9.17) is 4.74 Å². The number of hydrogen-bond donors (Lipinski definition) is 0. The van der Waals surface area contributed by atoms with Gasteiger partial charge in [-0.15, -0.1) is 0 Å². The summed E-state index contributed by atoms with van der Waals surface area (Å²) in [6.07, 6.45) is 4.14. The summed E-state index contributed by atoms with van der Waals surface area (Å²) < 4.78 is 32.0. The lowest BCUT2D eigenvalue weighted by atomic mass is 9.94. The highest BCUT2D eigenvalue weighted by Crippen LogP contribution is 2.39. The molecule has 1 saturated heterocycles. The Morgan fingerprint density at radius 2 is 1.89 bits per heavy atom. The fraction of sp³-hybridized carbons (Fsp3) is 0.318. The normalized spacial score (nSPS) is 22.3. The van der Waals surface area contributed by atoms with Gasteiger partial charge in [0.15, 0.2) is 17.7 Å². The smallest absolute Gasteiger partial charge is 0.264 e. The van der Waals surface area contributed by atoms with Crippen molar-refractivity contribution in [3.8, 4) is 5.75 Å². The van der Waals surface area contributed by atoms with Crippen LogP contribution < -0.4 is 4.74 Å². The Labute approximate surface area is 157 Å². The van der Waals surface area contributed by atoms with E-state index in [1.807, 2.05) is 23.1 Å². The highest BCUT2D eigenvalue weighted by atomic mass is 19.2. The van der Waals surface area contributed by atoms with Gasteiger partial charge in [0.1, 0.15) is 5.75 Å². The Kier molecular flexibility index (Phi) is 4.68. The predicted molar refractivity (Wildman–Crippen MR) is 99.1 cm³/mol. The number of amides is 1. The molecule has 2 aromatic carbocycles. The fourth-order valence-corrected chi connectivity index (χ4v) is 4.05. The SMILES string of the molecule is CC(Oc1ccc(F)c(F)c1)C(=O)N1C2C=C(c3ccccc3)CC1CC2. The zero-order valence-electron chi connectivity index (χ0n) is 15.1. The van der Waals surface area contributed by atoms with Crippen LogP contribution in [0.4, 0.5) is 8.78 Å². The third-order valence-corrected chi connectivity index (χ3v) is 5.35. The lowest BCUT2D eigenvalue weighted by Gasteiger charge is -2.35. The Morgan fingerprint density at radius 1 is 1.11 bits per heavy atom. The second-order valence-electron chi connectivity index (χ2n) is 7.14. The van der Waals surface area contributed by atoms with Crippen molar-refractivity contribution in [2.24, 2.45) is 0 Å². The number of ether oxygens (including phenoxy) is 1. The molecule has 3 atom stereocenters. The summed E-state index contributed by atoms with van der Waals surface area (Å²) in [7, 11) is 0. The molecule has 2 heterocycles. The fourth-order valence-electron chi connectivity index (χ4n) is 4.05. The third kappa shape index (κ3) is 3.46. The van der Waals surface area contributed by atoms with Gasteiger partial charge in [-0.1, -0.05) is 36.4 Å². The van der Waals surface area contributed by atoms with Crippen LogP contribution in [0.15, 0.2) is 54.6 Å². The lowest BCUT2D eigenvalue weighted by molar-refractivity contribution is -0.140. The van der Waals surface area contributed by atoms with Crippen LogP contribution in [0, 0.1) is 11.6 Å². The highest BCUT2D eigenvalue weighted by molar-refractivity contribution is 5.84.